The highest BCUT2D eigenvalue weighted by Gasteiger charge is 2.24. The highest BCUT2D eigenvalue weighted by atomic mass is 16.6. The number of methoxy groups -OCH3 is 1. The average molecular weight is 428 g/mol. The zero-order valence-corrected chi connectivity index (χ0v) is 17.8. The van der Waals surface area contributed by atoms with Gasteiger partial charge in [-0.15, -0.1) is 0 Å². The predicted octanol–water partition coefficient (Wildman–Crippen LogP) is 3.67. The number of amides is 4. The molecule has 0 spiro atoms. The van der Waals surface area contributed by atoms with E-state index in [1.54, 1.807) is 48.5 Å². The summed E-state index contributed by atoms with van der Waals surface area (Å²) < 4.78 is 9.77. The second-order valence-corrected chi connectivity index (χ2v) is 7.01. The van der Waals surface area contributed by atoms with E-state index >= 15 is 0 Å². The molecule has 0 heterocycles. The maximum atomic E-state index is 12.8. The number of ether oxygens (including phenoxy) is 2. The Morgan fingerprint density at radius 3 is 2.13 bits per heavy atom. The first-order valence-corrected chi connectivity index (χ1v) is 9.85. The van der Waals surface area contributed by atoms with E-state index in [2.05, 4.69) is 21.3 Å². The molecule has 0 radical (unpaired) electrons. The highest BCUT2D eigenvalue weighted by Crippen LogP contribution is 2.17. The van der Waals surface area contributed by atoms with Gasteiger partial charge in [0.2, 0.25) is 5.91 Å². The number of urea groups is 1. The van der Waals surface area contributed by atoms with Gasteiger partial charge >= 0.3 is 12.1 Å². The number of carbonyl (C=O) groups excluding carboxylic acids is 3. The molecule has 1 unspecified atom stereocenters. The summed E-state index contributed by atoms with van der Waals surface area (Å²) in [5, 5.41) is 10.7. The van der Waals surface area contributed by atoms with Gasteiger partial charge in [0, 0.05) is 24.2 Å². The lowest BCUT2D eigenvalue weighted by atomic mass is 10.0. The van der Waals surface area contributed by atoms with Crippen molar-refractivity contribution >= 4 is 35.1 Å². The molecule has 9 heteroatoms. The summed E-state index contributed by atoms with van der Waals surface area (Å²) in [7, 11) is 1.51. The largest absolute Gasteiger partial charge is 0.447 e. The summed E-state index contributed by atoms with van der Waals surface area (Å²) in [6.45, 7) is 4.10. The van der Waals surface area contributed by atoms with Crippen LogP contribution in [0.1, 0.15) is 13.8 Å². The molecule has 0 fully saturated rings. The van der Waals surface area contributed by atoms with Gasteiger partial charge in [-0.1, -0.05) is 38.1 Å². The van der Waals surface area contributed by atoms with E-state index in [0.29, 0.717) is 23.7 Å². The highest BCUT2D eigenvalue weighted by molar-refractivity contribution is 5.99. The van der Waals surface area contributed by atoms with Crippen molar-refractivity contribution in [1.82, 2.24) is 5.32 Å². The second-order valence-electron chi connectivity index (χ2n) is 7.01. The number of hydrogen-bond acceptors (Lipinski definition) is 5. The molecule has 2 aromatic rings. The Labute approximate surface area is 181 Å². The number of anilines is 3. The number of rotatable bonds is 9. The molecule has 1 atom stereocenters. The topological polar surface area (TPSA) is 118 Å². The van der Waals surface area contributed by atoms with Crippen LogP contribution in [0.5, 0.6) is 0 Å². The number of benzene rings is 2. The first kappa shape index (κ1) is 23.7. The third-order valence-corrected chi connectivity index (χ3v) is 4.16. The molecule has 2 rings (SSSR count). The van der Waals surface area contributed by atoms with Crippen LogP contribution in [0, 0.1) is 5.92 Å². The summed E-state index contributed by atoms with van der Waals surface area (Å²) in [6.07, 6.45) is -0.625. The molecule has 166 valence electrons. The first-order chi connectivity index (χ1) is 14.9. The van der Waals surface area contributed by atoms with E-state index < -0.39 is 18.2 Å². The van der Waals surface area contributed by atoms with E-state index in [0.717, 1.165) is 0 Å². The molecule has 0 saturated carbocycles. The van der Waals surface area contributed by atoms with Gasteiger partial charge in [0.25, 0.3) is 0 Å². The standard InChI is InChI=1S/C22H28N4O5/c1-15(2)19(26-21(28)24-16-8-5-4-6-9-16)20(27)23-17-10-7-11-18(14-17)25-22(29)31-13-12-30-3/h4-11,14-15,19H,12-13H2,1-3H3,(H,23,27)(H,25,29)(H2,24,26,28). The molecule has 0 aromatic heterocycles. The normalized spacial score (nSPS) is 11.4. The maximum absolute atomic E-state index is 12.8. The van der Waals surface area contributed by atoms with E-state index in [1.807, 2.05) is 19.9 Å². The zero-order valence-electron chi connectivity index (χ0n) is 17.8. The van der Waals surface area contributed by atoms with Crippen LogP contribution in [0.4, 0.5) is 26.7 Å². The molecule has 4 amide bonds. The number of para-hydroxylation sites is 1. The van der Waals surface area contributed by atoms with Gasteiger partial charge in [0.1, 0.15) is 12.6 Å². The van der Waals surface area contributed by atoms with Crippen LogP contribution in [0.15, 0.2) is 54.6 Å². The summed E-state index contributed by atoms with van der Waals surface area (Å²) in [4.78, 5) is 36.8. The Kier molecular flexibility index (Phi) is 9.31. The fourth-order valence-corrected chi connectivity index (χ4v) is 2.63. The molecule has 0 aliphatic heterocycles. The molecular formula is C22H28N4O5. The van der Waals surface area contributed by atoms with Gasteiger partial charge in [0.15, 0.2) is 0 Å². The maximum Gasteiger partial charge on any atom is 0.411 e. The average Bonchev–Trinajstić information content (AvgIpc) is 2.73. The fraction of sp³-hybridized carbons (Fsp3) is 0.318. The van der Waals surface area contributed by atoms with Crippen molar-refractivity contribution in [3.8, 4) is 0 Å². The SMILES string of the molecule is COCCOC(=O)Nc1cccc(NC(=O)C(NC(=O)Nc2ccccc2)C(C)C)c1. The molecule has 0 aliphatic carbocycles. The second kappa shape index (κ2) is 12.2. The zero-order chi connectivity index (χ0) is 22.6. The van der Waals surface area contributed by atoms with Crippen LogP contribution in [-0.2, 0) is 14.3 Å². The summed E-state index contributed by atoms with van der Waals surface area (Å²) >= 11 is 0. The Bertz CT molecular complexity index is 873. The van der Waals surface area contributed by atoms with Gasteiger partial charge in [-0.25, -0.2) is 9.59 Å². The predicted molar refractivity (Wildman–Crippen MR) is 119 cm³/mol. The lowest BCUT2D eigenvalue weighted by Gasteiger charge is -2.22. The monoisotopic (exact) mass is 428 g/mol. The van der Waals surface area contributed by atoms with Gasteiger partial charge in [-0.2, -0.15) is 0 Å². The van der Waals surface area contributed by atoms with Gasteiger partial charge in [-0.3, -0.25) is 10.1 Å². The van der Waals surface area contributed by atoms with Gasteiger partial charge < -0.3 is 25.4 Å². The third-order valence-electron chi connectivity index (χ3n) is 4.16. The minimum absolute atomic E-state index is 0.130. The van der Waals surface area contributed by atoms with Crippen molar-refractivity contribution in [3.63, 3.8) is 0 Å². The molecule has 2 aromatic carbocycles. The third kappa shape index (κ3) is 8.35. The van der Waals surface area contributed by atoms with E-state index in [-0.39, 0.29) is 18.4 Å². The van der Waals surface area contributed by atoms with Crippen LogP contribution in [0.25, 0.3) is 0 Å². The number of hydrogen-bond donors (Lipinski definition) is 4. The Morgan fingerprint density at radius 1 is 0.839 bits per heavy atom. The fourth-order valence-electron chi connectivity index (χ4n) is 2.63. The lowest BCUT2D eigenvalue weighted by molar-refractivity contribution is -0.118. The van der Waals surface area contributed by atoms with Gasteiger partial charge in [-0.05, 0) is 36.2 Å². The summed E-state index contributed by atoms with van der Waals surface area (Å²) in [5.74, 6) is -0.531. The van der Waals surface area contributed by atoms with E-state index in [1.165, 1.54) is 7.11 Å². The van der Waals surface area contributed by atoms with Crippen molar-refractivity contribution in [3.05, 3.63) is 54.6 Å². The minimum atomic E-state index is -0.765. The summed E-state index contributed by atoms with van der Waals surface area (Å²) in [6, 6.07) is 14.3. The Morgan fingerprint density at radius 2 is 1.48 bits per heavy atom. The number of carbonyl (C=O) groups is 3. The lowest BCUT2D eigenvalue weighted by Crippen LogP contribution is -2.48. The van der Waals surface area contributed by atoms with Crippen molar-refractivity contribution in [2.24, 2.45) is 5.92 Å². The molecule has 4 N–H and O–H groups in total. The van der Waals surface area contributed by atoms with E-state index in [4.69, 9.17) is 9.47 Å². The Balaban J connectivity index is 1.95. The van der Waals surface area contributed by atoms with Crippen LogP contribution in [-0.4, -0.2) is 44.4 Å². The van der Waals surface area contributed by atoms with E-state index in [9.17, 15) is 14.4 Å². The van der Waals surface area contributed by atoms with Crippen LogP contribution >= 0.6 is 0 Å². The molecule has 31 heavy (non-hydrogen) atoms. The van der Waals surface area contributed by atoms with Crippen molar-refractivity contribution < 1.29 is 23.9 Å². The molecular weight excluding hydrogens is 400 g/mol. The first-order valence-electron chi connectivity index (χ1n) is 9.85. The molecule has 9 nitrogen and oxygen atoms in total. The summed E-state index contributed by atoms with van der Waals surface area (Å²) in [5.41, 5.74) is 1.55. The van der Waals surface area contributed by atoms with Crippen LogP contribution in [0.2, 0.25) is 0 Å². The van der Waals surface area contributed by atoms with Crippen molar-refractivity contribution in [2.45, 2.75) is 19.9 Å². The quantitative estimate of drug-likeness (QED) is 0.455. The molecule has 0 aliphatic rings. The van der Waals surface area contributed by atoms with Crippen LogP contribution in [0.3, 0.4) is 0 Å². The smallest absolute Gasteiger partial charge is 0.411 e. The number of nitrogens with one attached hydrogen (secondary N) is 4. The van der Waals surface area contributed by atoms with Gasteiger partial charge in [0.05, 0.1) is 6.61 Å². The Hall–Kier alpha value is -3.59. The van der Waals surface area contributed by atoms with Crippen molar-refractivity contribution in [1.29, 1.82) is 0 Å². The van der Waals surface area contributed by atoms with Crippen molar-refractivity contribution in [2.75, 3.05) is 36.3 Å². The van der Waals surface area contributed by atoms with Crippen LogP contribution < -0.4 is 21.3 Å². The minimum Gasteiger partial charge on any atom is -0.447 e. The molecule has 0 bridgehead atoms. The molecule has 0 saturated heterocycles.